The number of hydrogen-bond acceptors (Lipinski definition) is 2. The van der Waals surface area contributed by atoms with Gasteiger partial charge >= 0.3 is 0 Å². The van der Waals surface area contributed by atoms with Crippen molar-refractivity contribution in [1.29, 1.82) is 0 Å². The Morgan fingerprint density at radius 3 is 2.06 bits per heavy atom. The maximum absolute atomic E-state index is 6.06. The highest BCUT2D eigenvalue weighted by Gasteiger charge is 2.10. The summed E-state index contributed by atoms with van der Waals surface area (Å²) in [6, 6.07) is 8.32. The molecular weight excluding hydrogens is 220 g/mol. The Kier molecular flexibility index (Phi) is 3.04. The van der Waals surface area contributed by atoms with Crippen LogP contribution in [0.25, 0.3) is 11.1 Å². The van der Waals surface area contributed by atoms with Crippen LogP contribution in [0.4, 0.5) is 11.4 Å². The molecule has 94 valence electrons. The lowest BCUT2D eigenvalue weighted by molar-refractivity contribution is 1.30. The van der Waals surface area contributed by atoms with Crippen molar-refractivity contribution in [2.24, 2.45) is 0 Å². The molecule has 0 aliphatic carbocycles. The van der Waals surface area contributed by atoms with Gasteiger partial charge in [0.1, 0.15) is 0 Å². The molecule has 0 amide bonds. The number of rotatable bonds is 1. The van der Waals surface area contributed by atoms with Crippen LogP contribution < -0.4 is 11.5 Å². The molecule has 0 atom stereocenters. The van der Waals surface area contributed by atoms with Crippen molar-refractivity contribution in [2.45, 2.75) is 27.7 Å². The predicted octanol–water partition coefficient (Wildman–Crippen LogP) is 3.75. The van der Waals surface area contributed by atoms with E-state index in [1.165, 1.54) is 22.3 Å². The van der Waals surface area contributed by atoms with Gasteiger partial charge in [-0.2, -0.15) is 0 Å². The largest absolute Gasteiger partial charge is 0.399 e. The van der Waals surface area contributed by atoms with Crippen molar-refractivity contribution in [1.82, 2.24) is 0 Å². The van der Waals surface area contributed by atoms with Crippen molar-refractivity contribution < 1.29 is 0 Å². The zero-order valence-electron chi connectivity index (χ0n) is 11.5. The molecule has 0 unspecified atom stereocenters. The Bertz CT molecular complexity index is 613. The number of anilines is 2. The summed E-state index contributed by atoms with van der Waals surface area (Å²) in [6.45, 7) is 8.28. The second-order valence-electron chi connectivity index (χ2n) is 4.98. The minimum atomic E-state index is 0.834. The lowest BCUT2D eigenvalue weighted by atomic mass is 9.92. The fraction of sp³-hybridized carbons (Fsp3) is 0.250. The molecule has 0 aliphatic heterocycles. The van der Waals surface area contributed by atoms with Crippen LogP contribution in [0, 0.1) is 27.7 Å². The third kappa shape index (κ3) is 1.94. The Morgan fingerprint density at radius 2 is 1.44 bits per heavy atom. The van der Waals surface area contributed by atoms with E-state index in [9.17, 15) is 0 Å². The zero-order valence-corrected chi connectivity index (χ0v) is 11.5. The van der Waals surface area contributed by atoms with Crippen molar-refractivity contribution >= 4 is 11.4 Å². The van der Waals surface area contributed by atoms with Gasteiger partial charge in [-0.25, -0.2) is 0 Å². The third-order valence-corrected chi connectivity index (χ3v) is 3.74. The lowest BCUT2D eigenvalue weighted by Crippen LogP contribution is -1.99. The minimum absolute atomic E-state index is 0.834. The summed E-state index contributed by atoms with van der Waals surface area (Å²) in [5.41, 5.74) is 20.7. The van der Waals surface area contributed by atoms with Crippen LogP contribution in [0.5, 0.6) is 0 Å². The Hall–Kier alpha value is -1.96. The number of hydrogen-bond donors (Lipinski definition) is 2. The maximum Gasteiger partial charge on any atom is 0.0376 e. The molecule has 0 radical (unpaired) electrons. The summed E-state index contributed by atoms with van der Waals surface area (Å²) in [5.74, 6) is 0. The first kappa shape index (κ1) is 12.5. The second-order valence-corrected chi connectivity index (χ2v) is 4.98. The van der Waals surface area contributed by atoms with E-state index in [-0.39, 0.29) is 0 Å². The predicted molar refractivity (Wildman–Crippen MR) is 79.7 cm³/mol. The normalized spacial score (nSPS) is 10.7. The van der Waals surface area contributed by atoms with Gasteiger partial charge in [-0.15, -0.1) is 0 Å². The van der Waals surface area contributed by atoms with Gasteiger partial charge in [0, 0.05) is 11.4 Å². The lowest BCUT2D eigenvalue weighted by Gasteiger charge is -2.15. The van der Waals surface area contributed by atoms with E-state index in [4.69, 9.17) is 11.5 Å². The van der Waals surface area contributed by atoms with Gasteiger partial charge in [-0.05, 0) is 79.3 Å². The highest BCUT2D eigenvalue weighted by molar-refractivity contribution is 5.76. The molecule has 2 nitrogen and oxygen atoms in total. The summed E-state index contributed by atoms with van der Waals surface area (Å²) in [4.78, 5) is 0. The van der Waals surface area contributed by atoms with Gasteiger partial charge in [0.2, 0.25) is 0 Å². The van der Waals surface area contributed by atoms with Crippen LogP contribution in [0.3, 0.4) is 0 Å². The van der Waals surface area contributed by atoms with Gasteiger partial charge in [-0.3, -0.25) is 0 Å². The minimum Gasteiger partial charge on any atom is -0.399 e. The molecule has 0 aliphatic rings. The summed E-state index contributed by atoms with van der Waals surface area (Å²) < 4.78 is 0. The molecule has 4 N–H and O–H groups in total. The molecular formula is C16H20N2. The van der Waals surface area contributed by atoms with Gasteiger partial charge in [-0.1, -0.05) is 6.07 Å². The number of nitrogens with two attached hydrogens (primary N) is 2. The smallest absolute Gasteiger partial charge is 0.0376 e. The van der Waals surface area contributed by atoms with Crippen molar-refractivity contribution in [3.8, 4) is 11.1 Å². The first-order chi connectivity index (χ1) is 8.41. The van der Waals surface area contributed by atoms with Gasteiger partial charge in [0.05, 0.1) is 0 Å². The average molecular weight is 240 g/mol. The molecule has 0 aromatic heterocycles. The fourth-order valence-corrected chi connectivity index (χ4v) is 2.25. The molecule has 0 saturated heterocycles. The van der Waals surface area contributed by atoms with E-state index in [1.54, 1.807) is 0 Å². The highest BCUT2D eigenvalue weighted by atomic mass is 14.6. The van der Waals surface area contributed by atoms with E-state index in [0.29, 0.717) is 0 Å². The van der Waals surface area contributed by atoms with Crippen LogP contribution in [0.1, 0.15) is 22.3 Å². The fourth-order valence-electron chi connectivity index (χ4n) is 2.25. The second kappa shape index (κ2) is 4.37. The molecule has 2 heteroatoms. The molecule has 0 fully saturated rings. The Morgan fingerprint density at radius 1 is 0.778 bits per heavy atom. The standard InChI is InChI=1S/C16H20N2/c1-9-7-13(5-6-15(9)17)14-8-10(2)16(18)12(4)11(14)3/h5-8H,17-18H2,1-4H3. The van der Waals surface area contributed by atoms with Crippen molar-refractivity contribution in [3.63, 3.8) is 0 Å². The van der Waals surface area contributed by atoms with Crippen LogP contribution in [-0.4, -0.2) is 0 Å². The average Bonchev–Trinajstić information content (AvgIpc) is 2.35. The third-order valence-electron chi connectivity index (χ3n) is 3.74. The Balaban J connectivity index is 2.67. The van der Waals surface area contributed by atoms with Gasteiger partial charge < -0.3 is 11.5 Å². The van der Waals surface area contributed by atoms with Gasteiger partial charge in [0.15, 0.2) is 0 Å². The molecule has 2 rings (SSSR count). The molecule has 2 aromatic rings. The molecule has 0 heterocycles. The van der Waals surface area contributed by atoms with Crippen LogP contribution >= 0.6 is 0 Å². The van der Waals surface area contributed by atoms with Gasteiger partial charge in [0.25, 0.3) is 0 Å². The van der Waals surface area contributed by atoms with Crippen LogP contribution in [0.15, 0.2) is 24.3 Å². The topological polar surface area (TPSA) is 52.0 Å². The van der Waals surface area contributed by atoms with Crippen LogP contribution in [-0.2, 0) is 0 Å². The van der Waals surface area contributed by atoms with E-state index < -0.39 is 0 Å². The molecule has 0 spiro atoms. The molecule has 2 aromatic carbocycles. The monoisotopic (exact) mass is 240 g/mol. The summed E-state index contributed by atoms with van der Waals surface area (Å²) >= 11 is 0. The first-order valence-corrected chi connectivity index (χ1v) is 6.14. The van der Waals surface area contributed by atoms with E-state index >= 15 is 0 Å². The highest BCUT2D eigenvalue weighted by Crippen LogP contribution is 2.32. The maximum atomic E-state index is 6.06. The van der Waals surface area contributed by atoms with Crippen molar-refractivity contribution in [3.05, 3.63) is 46.5 Å². The van der Waals surface area contributed by atoms with Crippen molar-refractivity contribution in [2.75, 3.05) is 11.5 Å². The number of benzene rings is 2. The molecule has 18 heavy (non-hydrogen) atoms. The summed E-state index contributed by atoms with van der Waals surface area (Å²) in [5, 5.41) is 0. The summed E-state index contributed by atoms with van der Waals surface area (Å²) in [7, 11) is 0. The summed E-state index contributed by atoms with van der Waals surface area (Å²) in [6.07, 6.45) is 0. The first-order valence-electron chi connectivity index (χ1n) is 6.14. The zero-order chi connectivity index (χ0) is 13.4. The van der Waals surface area contributed by atoms with E-state index in [0.717, 1.165) is 22.5 Å². The number of aryl methyl sites for hydroxylation is 2. The quantitative estimate of drug-likeness (QED) is 0.746. The number of nitrogen functional groups attached to an aromatic ring is 2. The Labute approximate surface area is 109 Å². The van der Waals surface area contributed by atoms with E-state index in [1.807, 2.05) is 13.0 Å². The van der Waals surface area contributed by atoms with E-state index in [2.05, 4.69) is 39.0 Å². The SMILES string of the molecule is Cc1cc(-c2cc(C)c(N)c(C)c2C)ccc1N. The molecule has 0 bridgehead atoms. The van der Waals surface area contributed by atoms with Crippen LogP contribution in [0.2, 0.25) is 0 Å². The molecule has 0 saturated carbocycles.